The number of rotatable bonds is 4. The number of hydrogen-bond acceptors (Lipinski definition) is 4. The summed E-state index contributed by atoms with van der Waals surface area (Å²) in [5, 5.41) is 9.63. The Kier molecular flexibility index (Phi) is 4.28. The molecular weight excluding hydrogens is 280 g/mol. The number of nitrogens with zero attached hydrogens (tertiary/aromatic N) is 3. The zero-order valence-corrected chi connectivity index (χ0v) is 13.5. The maximum absolute atomic E-state index is 6.23. The molecule has 1 unspecified atom stereocenters. The van der Waals surface area contributed by atoms with Gasteiger partial charge in [0.2, 0.25) is 0 Å². The van der Waals surface area contributed by atoms with Crippen molar-refractivity contribution in [1.29, 1.82) is 0 Å². The van der Waals surface area contributed by atoms with Crippen LogP contribution in [0.3, 0.4) is 0 Å². The first kappa shape index (κ1) is 14.5. The standard InChI is InChI=1S/C13H19ClN4S/c1-7-11(13(14)18(5)17-7)6-15-8(2)12-9(3)16-10(4)19-12/h8,15H,6H2,1-5H3. The molecule has 4 nitrogen and oxygen atoms in total. The third-order valence-electron chi connectivity index (χ3n) is 3.19. The molecule has 6 heteroatoms. The Morgan fingerprint density at radius 3 is 2.47 bits per heavy atom. The summed E-state index contributed by atoms with van der Waals surface area (Å²) in [4.78, 5) is 5.75. The fourth-order valence-electron chi connectivity index (χ4n) is 2.17. The minimum atomic E-state index is 0.266. The largest absolute Gasteiger partial charge is 0.305 e. The molecule has 2 aromatic rings. The van der Waals surface area contributed by atoms with E-state index in [0.29, 0.717) is 5.15 Å². The quantitative estimate of drug-likeness (QED) is 0.942. The summed E-state index contributed by atoms with van der Waals surface area (Å²) in [5.41, 5.74) is 3.15. The highest BCUT2D eigenvalue weighted by Crippen LogP contribution is 2.25. The van der Waals surface area contributed by atoms with E-state index in [2.05, 4.69) is 29.2 Å². The molecule has 1 N–H and O–H groups in total. The first-order valence-electron chi connectivity index (χ1n) is 6.25. The molecule has 0 spiro atoms. The van der Waals surface area contributed by atoms with Gasteiger partial charge in [-0.3, -0.25) is 4.68 Å². The Balaban J connectivity index is 2.08. The summed E-state index contributed by atoms with van der Waals surface area (Å²) in [6.07, 6.45) is 0. The van der Waals surface area contributed by atoms with Crippen molar-refractivity contribution < 1.29 is 0 Å². The Morgan fingerprint density at radius 1 is 1.32 bits per heavy atom. The van der Waals surface area contributed by atoms with Crippen LogP contribution in [-0.4, -0.2) is 14.8 Å². The van der Waals surface area contributed by atoms with Crippen molar-refractivity contribution in [2.24, 2.45) is 7.05 Å². The highest BCUT2D eigenvalue weighted by Gasteiger charge is 2.15. The van der Waals surface area contributed by atoms with Gasteiger partial charge >= 0.3 is 0 Å². The molecule has 19 heavy (non-hydrogen) atoms. The molecule has 0 aliphatic carbocycles. The van der Waals surface area contributed by atoms with Crippen molar-refractivity contribution in [2.45, 2.75) is 40.3 Å². The van der Waals surface area contributed by atoms with Gasteiger partial charge < -0.3 is 5.32 Å². The monoisotopic (exact) mass is 298 g/mol. The van der Waals surface area contributed by atoms with Gasteiger partial charge in [0.1, 0.15) is 5.15 Å². The topological polar surface area (TPSA) is 42.7 Å². The summed E-state index contributed by atoms with van der Waals surface area (Å²) in [7, 11) is 1.86. The smallest absolute Gasteiger partial charge is 0.131 e. The fourth-order valence-corrected chi connectivity index (χ4v) is 3.37. The van der Waals surface area contributed by atoms with E-state index in [1.165, 1.54) is 4.88 Å². The molecule has 2 rings (SSSR count). The third-order valence-corrected chi connectivity index (χ3v) is 4.92. The summed E-state index contributed by atoms with van der Waals surface area (Å²) in [6.45, 7) is 8.95. The Bertz CT molecular complexity index is 588. The molecule has 1 atom stereocenters. The molecule has 0 bridgehead atoms. The van der Waals surface area contributed by atoms with E-state index in [0.717, 1.165) is 28.5 Å². The summed E-state index contributed by atoms with van der Waals surface area (Å²) in [6, 6.07) is 0.266. The van der Waals surface area contributed by atoms with Crippen LogP contribution in [-0.2, 0) is 13.6 Å². The van der Waals surface area contributed by atoms with E-state index in [1.54, 1.807) is 16.0 Å². The number of halogens is 1. The lowest BCUT2D eigenvalue weighted by Gasteiger charge is -2.12. The van der Waals surface area contributed by atoms with Crippen molar-refractivity contribution in [3.05, 3.63) is 32.0 Å². The Labute approximate surface area is 122 Å². The number of thiazole rings is 1. The van der Waals surface area contributed by atoms with Gasteiger partial charge in [0.05, 0.1) is 16.4 Å². The van der Waals surface area contributed by atoms with Crippen LogP contribution in [0.5, 0.6) is 0 Å². The third kappa shape index (κ3) is 2.99. The average molecular weight is 299 g/mol. The van der Waals surface area contributed by atoms with Crippen LogP contribution >= 0.6 is 22.9 Å². The SMILES string of the molecule is Cc1nc(C)c(C(C)NCc2c(C)nn(C)c2Cl)s1. The first-order chi connectivity index (χ1) is 8.90. The fraction of sp³-hybridized carbons (Fsp3) is 0.538. The Hall–Kier alpha value is -0.910. The van der Waals surface area contributed by atoms with Gasteiger partial charge in [0.15, 0.2) is 0 Å². The molecular formula is C13H19ClN4S. The lowest BCUT2D eigenvalue weighted by Crippen LogP contribution is -2.18. The second-order valence-corrected chi connectivity index (χ2v) is 6.36. The second-order valence-electron chi connectivity index (χ2n) is 4.76. The normalized spacial score (nSPS) is 12.9. The van der Waals surface area contributed by atoms with E-state index in [4.69, 9.17) is 11.6 Å². The van der Waals surface area contributed by atoms with Gasteiger partial charge in [-0.2, -0.15) is 5.10 Å². The van der Waals surface area contributed by atoms with Gasteiger partial charge in [-0.05, 0) is 27.7 Å². The molecule has 0 aromatic carbocycles. The molecule has 0 aliphatic heterocycles. The molecule has 0 saturated heterocycles. The summed E-state index contributed by atoms with van der Waals surface area (Å²) < 4.78 is 1.71. The van der Waals surface area contributed by atoms with Crippen LogP contribution in [0.15, 0.2) is 0 Å². The highest BCUT2D eigenvalue weighted by molar-refractivity contribution is 7.11. The number of aryl methyl sites for hydroxylation is 4. The van der Waals surface area contributed by atoms with Gasteiger partial charge in [-0.25, -0.2) is 4.98 Å². The van der Waals surface area contributed by atoms with Crippen LogP contribution in [0, 0.1) is 20.8 Å². The highest BCUT2D eigenvalue weighted by atomic mass is 35.5. The molecule has 0 amide bonds. The van der Waals surface area contributed by atoms with Crippen molar-refractivity contribution in [2.75, 3.05) is 0 Å². The minimum Gasteiger partial charge on any atom is -0.305 e. The van der Waals surface area contributed by atoms with Gasteiger partial charge in [-0.15, -0.1) is 11.3 Å². The number of aromatic nitrogens is 3. The molecule has 2 aromatic heterocycles. The number of nitrogens with one attached hydrogen (secondary N) is 1. The van der Waals surface area contributed by atoms with Crippen LogP contribution in [0.25, 0.3) is 0 Å². The molecule has 0 fully saturated rings. The van der Waals surface area contributed by atoms with E-state index in [-0.39, 0.29) is 6.04 Å². The molecule has 0 radical (unpaired) electrons. The lowest BCUT2D eigenvalue weighted by molar-refractivity contribution is 0.578. The molecule has 2 heterocycles. The van der Waals surface area contributed by atoms with Crippen molar-refractivity contribution in [3.8, 4) is 0 Å². The van der Waals surface area contributed by atoms with Crippen LogP contribution < -0.4 is 5.32 Å². The van der Waals surface area contributed by atoms with E-state index >= 15 is 0 Å². The van der Waals surface area contributed by atoms with Gasteiger partial charge in [0, 0.05) is 30.1 Å². The maximum atomic E-state index is 6.23. The van der Waals surface area contributed by atoms with E-state index < -0.39 is 0 Å². The van der Waals surface area contributed by atoms with Crippen LogP contribution in [0.1, 0.15) is 39.8 Å². The maximum Gasteiger partial charge on any atom is 0.131 e. The molecule has 104 valence electrons. The summed E-state index contributed by atoms with van der Waals surface area (Å²) >= 11 is 7.97. The lowest BCUT2D eigenvalue weighted by atomic mass is 10.2. The average Bonchev–Trinajstić information content (AvgIpc) is 2.78. The summed E-state index contributed by atoms with van der Waals surface area (Å²) in [5.74, 6) is 0. The second kappa shape index (κ2) is 5.61. The van der Waals surface area contributed by atoms with E-state index in [1.807, 2.05) is 20.9 Å². The van der Waals surface area contributed by atoms with Crippen molar-refractivity contribution >= 4 is 22.9 Å². The van der Waals surface area contributed by atoms with Crippen LogP contribution in [0.2, 0.25) is 5.15 Å². The zero-order valence-electron chi connectivity index (χ0n) is 11.9. The first-order valence-corrected chi connectivity index (χ1v) is 7.45. The Morgan fingerprint density at radius 2 is 2.00 bits per heavy atom. The van der Waals surface area contributed by atoms with Gasteiger partial charge in [0.25, 0.3) is 0 Å². The van der Waals surface area contributed by atoms with Gasteiger partial charge in [-0.1, -0.05) is 11.6 Å². The zero-order chi connectivity index (χ0) is 14.2. The predicted molar refractivity (Wildman–Crippen MR) is 79.8 cm³/mol. The van der Waals surface area contributed by atoms with Crippen LogP contribution in [0.4, 0.5) is 0 Å². The van der Waals surface area contributed by atoms with Crippen molar-refractivity contribution in [1.82, 2.24) is 20.1 Å². The minimum absolute atomic E-state index is 0.266. The number of hydrogen-bond donors (Lipinski definition) is 1. The predicted octanol–water partition coefficient (Wildman–Crippen LogP) is 3.31. The molecule has 0 aliphatic rings. The van der Waals surface area contributed by atoms with Crippen molar-refractivity contribution in [3.63, 3.8) is 0 Å². The van der Waals surface area contributed by atoms with E-state index in [9.17, 15) is 0 Å². The molecule has 0 saturated carbocycles.